The molecule has 0 saturated heterocycles. The van der Waals surface area contributed by atoms with Gasteiger partial charge in [0.2, 0.25) is 0 Å². The van der Waals surface area contributed by atoms with Gasteiger partial charge in [0.15, 0.2) is 6.10 Å². The molecule has 0 amide bonds. The number of hydrogen-bond acceptors (Lipinski definition) is 6. The fourth-order valence-corrected chi connectivity index (χ4v) is 9.31. The highest BCUT2D eigenvalue weighted by Gasteiger charge is 2.19. The maximum absolute atomic E-state index is 12.9. The lowest BCUT2D eigenvalue weighted by molar-refractivity contribution is -0.167. The molecule has 0 aliphatic heterocycles. The molecule has 74 heavy (non-hydrogen) atoms. The van der Waals surface area contributed by atoms with Gasteiger partial charge in [0.1, 0.15) is 13.2 Å². The minimum Gasteiger partial charge on any atom is -0.462 e. The standard InChI is InChI=1S/C68H122O6/c1-4-7-10-13-16-19-22-25-28-30-32-33-34-35-37-38-40-43-46-49-52-55-58-61-67(70)73-64-65(63-72-66(69)60-57-54-51-48-45-42-27-24-21-18-15-12-9-6-3)74-68(71)62-59-56-53-50-47-44-41-39-36-31-29-26-23-20-17-14-11-8-5-2/h15,18,22,24-27,29-30,32,65H,4-14,16-17,19-21,23,28,31,33-64H2,1-3H3/b18-15-,25-22-,27-24-,29-26-,32-30-. The number of rotatable bonds is 59. The highest BCUT2D eigenvalue weighted by Crippen LogP contribution is 2.16. The first kappa shape index (κ1) is 71.1. The maximum Gasteiger partial charge on any atom is 0.306 e. The fourth-order valence-electron chi connectivity index (χ4n) is 9.31. The third-order valence-corrected chi connectivity index (χ3v) is 14.2. The molecule has 1 unspecified atom stereocenters. The van der Waals surface area contributed by atoms with Crippen LogP contribution in [0.15, 0.2) is 60.8 Å². The summed E-state index contributed by atoms with van der Waals surface area (Å²) < 4.78 is 16.9. The van der Waals surface area contributed by atoms with Crippen LogP contribution in [0.2, 0.25) is 0 Å². The van der Waals surface area contributed by atoms with E-state index >= 15 is 0 Å². The molecule has 0 heterocycles. The average molecular weight is 1040 g/mol. The number of allylic oxidation sites excluding steroid dienone is 10. The van der Waals surface area contributed by atoms with Gasteiger partial charge in [-0.25, -0.2) is 0 Å². The summed E-state index contributed by atoms with van der Waals surface area (Å²) in [6.45, 7) is 6.61. The summed E-state index contributed by atoms with van der Waals surface area (Å²) in [5, 5.41) is 0. The van der Waals surface area contributed by atoms with E-state index < -0.39 is 6.10 Å². The van der Waals surface area contributed by atoms with E-state index in [1.54, 1.807) is 0 Å². The van der Waals surface area contributed by atoms with Crippen LogP contribution in [0, 0.1) is 0 Å². The van der Waals surface area contributed by atoms with Crippen molar-refractivity contribution in [3.05, 3.63) is 60.8 Å². The molecule has 0 aliphatic rings. The Labute approximate surface area is 460 Å². The van der Waals surface area contributed by atoms with Crippen LogP contribution in [-0.2, 0) is 28.6 Å². The van der Waals surface area contributed by atoms with Crippen LogP contribution < -0.4 is 0 Å². The smallest absolute Gasteiger partial charge is 0.306 e. The molecule has 6 heteroatoms. The summed E-state index contributed by atoms with van der Waals surface area (Å²) in [7, 11) is 0. The van der Waals surface area contributed by atoms with Crippen LogP contribution in [0.5, 0.6) is 0 Å². The fraction of sp³-hybridized carbons (Fsp3) is 0.809. The Morgan fingerprint density at radius 3 is 0.797 bits per heavy atom. The number of hydrogen-bond donors (Lipinski definition) is 0. The van der Waals surface area contributed by atoms with Gasteiger partial charge in [-0.15, -0.1) is 0 Å². The molecule has 0 aromatic carbocycles. The van der Waals surface area contributed by atoms with Crippen LogP contribution in [0.3, 0.4) is 0 Å². The topological polar surface area (TPSA) is 78.9 Å². The highest BCUT2D eigenvalue weighted by atomic mass is 16.6. The van der Waals surface area contributed by atoms with Crippen molar-refractivity contribution < 1.29 is 28.6 Å². The molecular formula is C68H122O6. The number of carbonyl (C=O) groups excluding carboxylic acids is 3. The van der Waals surface area contributed by atoms with E-state index in [1.165, 1.54) is 212 Å². The van der Waals surface area contributed by atoms with Gasteiger partial charge in [-0.3, -0.25) is 14.4 Å². The molecule has 0 aliphatic carbocycles. The molecule has 0 aromatic heterocycles. The minimum absolute atomic E-state index is 0.0788. The van der Waals surface area contributed by atoms with E-state index in [0.717, 1.165) is 83.5 Å². The largest absolute Gasteiger partial charge is 0.462 e. The van der Waals surface area contributed by atoms with Crippen molar-refractivity contribution in [1.29, 1.82) is 0 Å². The van der Waals surface area contributed by atoms with Crippen molar-refractivity contribution in [2.75, 3.05) is 13.2 Å². The Balaban J connectivity index is 4.33. The van der Waals surface area contributed by atoms with E-state index in [1.807, 2.05) is 0 Å². The lowest BCUT2D eigenvalue weighted by Crippen LogP contribution is -2.30. The minimum atomic E-state index is -0.782. The van der Waals surface area contributed by atoms with Gasteiger partial charge in [-0.05, 0) is 103 Å². The Kier molecular flexibility index (Phi) is 60.2. The third-order valence-electron chi connectivity index (χ3n) is 14.2. The van der Waals surface area contributed by atoms with Gasteiger partial charge in [-0.1, -0.05) is 274 Å². The van der Waals surface area contributed by atoms with Crippen LogP contribution in [0.4, 0.5) is 0 Å². The molecule has 0 rings (SSSR count). The molecule has 0 radical (unpaired) electrons. The Morgan fingerprint density at radius 2 is 0.500 bits per heavy atom. The van der Waals surface area contributed by atoms with Crippen molar-refractivity contribution >= 4 is 17.9 Å². The van der Waals surface area contributed by atoms with Crippen molar-refractivity contribution in [3.8, 4) is 0 Å². The highest BCUT2D eigenvalue weighted by molar-refractivity contribution is 5.71. The number of ether oxygens (including phenoxy) is 3. The zero-order valence-electron chi connectivity index (χ0n) is 49.4. The molecule has 6 nitrogen and oxygen atoms in total. The molecule has 0 fully saturated rings. The normalized spacial score (nSPS) is 12.4. The van der Waals surface area contributed by atoms with E-state index in [2.05, 4.69) is 81.5 Å². The van der Waals surface area contributed by atoms with Gasteiger partial charge < -0.3 is 14.2 Å². The van der Waals surface area contributed by atoms with E-state index in [0.29, 0.717) is 19.3 Å². The van der Waals surface area contributed by atoms with Gasteiger partial charge >= 0.3 is 17.9 Å². The van der Waals surface area contributed by atoms with Crippen LogP contribution in [-0.4, -0.2) is 37.2 Å². The van der Waals surface area contributed by atoms with Crippen molar-refractivity contribution in [2.45, 2.75) is 341 Å². The average Bonchev–Trinajstić information content (AvgIpc) is 3.40. The summed E-state index contributed by atoms with van der Waals surface area (Å²) >= 11 is 0. The monoisotopic (exact) mass is 1030 g/mol. The summed E-state index contributed by atoms with van der Waals surface area (Å²) in [6, 6.07) is 0. The number of esters is 3. The molecule has 430 valence electrons. The first-order valence-corrected chi connectivity index (χ1v) is 32.3. The van der Waals surface area contributed by atoms with Gasteiger partial charge in [0.05, 0.1) is 0 Å². The predicted molar refractivity (Wildman–Crippen MR) is 321 cm³/mol. The lowest BCUT2D eigenvalue weighted by Gasteiger charge is -2.18. The lowest BCUT2D eigenvalue weighted by atomic mass is 10.0. The van der Waals surface area contributed by atoms with Gasteiger partial charge in [0.25, 0.3) is 0 Å². The second kappa shape index (κ2) is 62.6. The van der Waals surface area contributed by atoms with E-state index in [-0.39, 0.29) is 31.1 Å². The SMILES string of the molecule is CCCC/C=C\C/C=C\CCCCCCCC(=O)OCC(COC(=O)CCCCCCCCCCCCC/C=C\C/C=C\CCCCCCC)OC(=O)CCCCCCCCCCC/C=C\CCCCCCCC. The summed E-state index contributed by atoms with van der Waals surface area (Å²) in [4.78, 5) is 38.3. The third kappa shape index (κ3) is 60.0. The molecule has 0 saturated carbocycles. The quantitative estimate of drug-likeness (QED) is 0.0261. The number of unbranched alkanes of at least 4 members (excludes halogenated alkanes) is 38. The summed E-state index contributed by atoms with van der Waals surface area (Å²) in [5.74, 6) is -0.880. The van der Waals surface area contributed by atoms with E-state index in [4.69, 9.17) is 14.2 Å². The van der Waals surface area contributed by atoms with Crippen molar-refractivity contribution in [1.82, 2.24) is 0 Å². The van der Waals surface area contributed by atoms with Crippen molar-refractivity contribution in [2.24, 2.45) is 0 Å². The van der Waals surface area contributed by atoms with Crippen molar-refractivity contribution in [3.63, 3.8) is 0 Å². The second-order valence-corrected chi connectivity index (χ2v) is 21.7. The summed E-state index contributed by atoms with van der Waals surface area (Å²) in [6.07, 6.45) is 79.4. The first-order chi connectivity index (χ1) is 36.5. The summed E-state index contributed by atoms with van der Waals surface area (Å²) in [5.41, 5.74) is 0. The predicted octanol–water partition coefficient (Wildman–Crippen LogP) is 21.9. The maximum atomic E-state index is 12.9. The molecule has 0 N–H and O–H groups in total. The van der Waals surface area contributed by atoms with Crippen LogP contribution >= 0.6 is 0 Å². The van der Waals surface area contributed by atoms with Crippen LogP contribution in [0.25, 0.3) is 0 Å². The Bertz CT molecular complexity index is 1330. The van der Waals surface area contributed by atoms with E-state index in [9.17, 15) is 14.4 Å². The van der Waals surface area contributed by atoms with Crippen LogP contribution in [0.1, 0.15) is 335 Å². The molecule has 0 bridgehead atoms. The zero-order chi connectivity index (χ0) is 53.6. The Morgan fingerprint density at radius 1 is 0.270 bits per heavy atom. The first-order valence-electron chi connectivity index (χ1n) is 32.3. The molecule has 1 atom stereocenters. The Hall–Kier alpha value is -2.89. The second-order valence-electron chi connectivity index (χ2n) is 21.7. The number of carbonyl (C=O) groups is 3. The molecular weight excluding hydrogens is 913 g/mol. The van der Waals surface area contributed by atoms with Gasteiger partial charge in [0, 0.05) is 19.3 Å². The molecule has 0 aromatic rings. The molecule has 0 spiro atoms. The zero-order valence-corrected chi connectivity index (χ0v) is 49.4. The van der Waals surface area contributed by atoms with Gasteiger partial charge in [-0.2, -0.15) is 0 Å².